The summed E-state index contributed by atoms with van der Waals surface area (Å²) in [5.74, 6) is -0.204. The Morgan fingerprint density at radius 2 is 1.84 bits per heavy atom. The number of rotatable bonds is 9. The quantitative estimate of drug-likeness (QED) is 0.656. The molecule has 1 aromatic rings. The van der Waals surface area contributed by atoms with Crippen LogP contribution in [0, 0.1) is 0 Å². The van der Waals surface area contributed by atoms with E-state index in [1.165, 1.54) is 43.5 Å². The molecule has 2 N–H and O–H groups in total. The van der Waals surface area contributed by atoms with Crippen molar-refractivity contribution in [1.29, 1.82) is 0 Å². The summed E-state index contributed by atoms with van der Waals surface area (Å²) in [6.07, 6.45) is 7.26. The van der Waals surface area contributed by atoms with Gasteiger partial charge in [-0.05, 0) is 43.5 Å². The van der Waals surface area contributed by atoms with Crippen molar-refractivity contribution in [3.8, 4) is 0 Å². The molecule has 1 aliphatic carbocycles. The Morgan fingerprint density at radius 3 is 2.48 bits per heavy atom. The molecule has 0 spiro atoms. The molecule has 7 heteroatoms. The summed E-state index contributed by atoms with van der Waals surface area (Å²) >= 11 is 0. The van der Waals surface area contributed by atoms with E-state index in [1.807, 2.05) is 0 Å². The van der Waals surface area contributed by atoms with Gasteiger partial charge in [-0.2, -0.15) is 0 Å². The molecular weight excluding hydrogens is 340 g/mol. The van der Waals surface area contributed by atoms with Gasteiger partial charge in [-0.1, -0.05) is 26.2 Å². The van der Waals surface area contributed by atoms with Crippen LogP contribution in [0.2, 0.25) is 0 Å². The standard InChI is InChI=1S/C18H28N2O4S/c1-2-20-25(22,23)17-11-9-15(10-12-17)18(21)19-13-6-14-24-16-7-4-3-5-8-16/h9-12,16,20H,2-8,13-14H2,1H3,(H,19,21). The third-order valence-electron chi connectivity index (χ3n) is 4.27. The van der Waals surface area contributed by atoms with Crippen LogP contribution in [0.1, 0.15) is 55.8 Å². The smallest absolute Gasteiger partial charge is 0.251 e. The molecule has 0 aromatic heterocycles. The van der Waals surface area contributed by atoms with E-state index in [-0.39, 0.29) is 10.8 Å². The van der Waals surface area contributed by atoms with Crippen molar-refractivity contribution in [2.75, 3.05) is 19.7 Å². The van der Waals surface area contributed by atoms with Gasteiger partial charge in [0.1, 0.15) is 0 Å². The van der Waals surface area contributed by atoms with E-state index in [0.29, 0.717) is 31.4 Å². The van der Waals surface area contributed by atoms with E-state index in [4.69, 9.17) is 4.74 Å². The van der Waals surface area contributed by atoms with Gasteiger partial charge in [0.05, 0.1) is 11.0 Å². The highest BCUT2D eigenvalue weighted by Gasteiger charge is 2.14. The molecule has 25 heavy (non-hydrogen) atoms. The maximum absolute atomic E-state index is 12.1. The van der Waals surface area contributed by atoms with Gasteiger partial charge in [0.2, 0.25) is 10.0 Å². The Morgan fingerprint density at radius 1 is 1.16 bits per heavy atom. The Bertz CT molecular complexity index is 638. The number of nitrogens with one attached hydrogen (secondary N) is 2. The van der Waals surface area contributed by atoms with Gasteiger partial charge in [-0.25, -0.2) is 13.1 Å². The molecule has 0 heterocycles. The van der Waals surface area contributed by atoms with Crippen LogP contribution in [0.5, 0.6) is 0 Å². The van der Waals surface area contributed by atoms with Gasteiger partial charge >= 0.3 is 0 Å². The van der Waals surface area contributed by atoms with Crippen LogP contribution in [0.25, 0.3) is 0 Å². The number of benzene rings is 1. The molecule has 140 valence electrons. The van der Waals surface area contributed by atoms with Crippen LogP contribution in [-0.2, 0) is 14.8 Å². The van der Waals surface area contributed by atoms with E-state index in [1.54, 1.807) is 6.92 Å². The number of hydrogen-bond donors (Lipinski definition) is 2. The lowest BCUT2D eigenvalue weighted by Crippen LogP contribution is -2.26. The highest BCUT2D eigenvalue weighted by atomic mass is 32.2. The van der Waals surface area contributed by atoms with Crippen molar-refractivity contribution in [2.24, 2.45) is 0 Å². The predicted molar refractivity (Wildman–Crippen MR) is 97.1 cm³/mol. The maximum Gasteiger partial charge on any atom is 0.251 e. The summed E-state index contributed by atoms with van der Waals surface area (Å²) in [4.78, 5) is 12.2. The van der Waals surface area contributed by atoms with E-state index in [0.717, 1.165) is 19.3 Å². The van der Waals surface area contributed by atoms with Crippen LogP contribution < -0.4 is 10.0 Å². The van der Waals surface area contributed by atoms with Gasteiger partial charge in [-0.15, -0.1) is 0 Å². The molecule has 0 radical (unpaired) electrons. The second-order valence-corrected chi connectivity index (χ2v) is 8.03. The second-order valence-electron chi connectivity index (χ2n) is 6.27. The summed E-state index contributed by atoms with van der Waals surface area (Å²) in [5.41, 5.74) is 0.448. The van der Waals surface area contributed by atoms with Gasteiger partial charge in [0, 0.05) is 25.3 Å². The molecule has 1 aliphatic rings. The average molecular weight is 368 g/mol. The monoisotopic (exact) mass is 368 g/mol. The molecule has 2 rings (SSSR count). The predicted octanol–water partition coefficient (Wildman–Crippen LogP) is 2.45. The largest absolute Gasteiger partial charge is 0.378 e. The number of carbonyl (C=O) groups is 1. The molecule has 1 aromatic carbocycles. The van der Waals surface area contributed by atoms with Crippen molar-refractivity contribution in [1.82, 2.24) is 10.0 Å². The first kappa shape index (κ1) is 19.9. The fraction of sp³-hybridized carbons (Fsp3) is 0.611. The minimum atomic E-state index is -3.49. The number of hydrogen-bond acceptors (Lipinski definition) is 4. The third kappa shape index (κ3) is 6.41. The van der Waals surface area contributed by atoms with E-state index >= 15 is 0 Å². The Hall–Kier alpha value is -1.44. The molecule has 0 unspecified atom stereocenters. The SMILES string of the molecule is CCNS(=O)(=O)c1ccc(C(=O)NCCCOC2CCCCC2)cc1. The van der Waals surface area contributed by atoms with Gasteiger partial charge in [-0.3, -0.25) is 4.79 Å². The summed E-state index contributed by atoms with van der Waals surface area (Å²) in [6.45, 7) is 3.25. The average Bonchev–Trinajstić information content (AvgIpc) is 2.62. The third-order valence-corrected chi connectivity index (χ3v) is 5.84. The first-order chi connectivity index (χ1) is 12.0. The maximum atomic E-state index is 12.1. The number of sulfonamides is 1. The summed E-state index contributed by atoms with van der Waals surface area (Å²) in [6, 6.07) is 5.94. The highest BCUT2D eigenvalue weighted by molar-refractivity contribution is 7.89. The molecule has 1 fully saturated rings. The highest BCUT2D eigenvalue weighted by Crippen LogP contribution is 2.20. The Kier molecular flexibility index (Phi) is 7.87. The molecular formula is C18H28N2O4S. The lowest BCUT2D eigenvalue weighted by Gasteiger charge is -2.21. The minimum absolute atomic E-state index is 0.159. The van der Waals surface area contributed by atoms with Crippen molar-refractivity contribution in [2.45, 2.75) is 56.4 Å². The van der Waals surface area contributed by atoms with Gasteiger partial charge in [0.25, 0.3) is 5.91 Å². The number of ether oxygens (including phenoxy) is 1. The van der Waals surface area contributed by atoms with Crippen LogP contribution in [0.4, 0.5) is 0 Å². The minimum Gasteiger partial charge on any atom is -0.378 e. The first-order valence-corrected chi connectivity index (χ1v) is 10.5. The Balaban J connectivity index is 1.71. The second kappa shape index (κ2) is 9.89. The number of amides is 1. The molecule has 0 atom stereocenters. The van der Waals surface area contributed by atoms with E-state index < -0.39 is 10.0 Å². The number of carbonyl (C=O) groups excluding carboxylic acids is 1. The van der Waals surface area contributed by atoms with Gasteiger partial charge in [0.15, 0.2) is 0 Å². The topological polar surface area (TPSA) is 84.5 Å². The van der Waals surface area contributed by atoms with Crippen LogP contribution in [0.3, 0.4) is 0 Å². The van der Waals surface area contributed by atoms with E-state index in [9.17, 15) is 13.2 Å². The van der Waals surface area contributed by atoms with Gasteiger partial charge < -0.3 is 10.1 Å². The fourth-order valence-electron chi connectivity index (χ4n) is 2.92. The lowest BCUT2D eigenvalue weighted by atomic mass is 9.98. The lowest BCUT2D eigenvalue weighted by molar-refractivity contribution is 0.0273. The van der Waals surface area contributed by atoms with Crippen LogP contribution >= 0.6 is 0 Å². The molecule has 0 saturated heterocycles. The normalized spacial score (nSPS) is 15.9. The zero-order chi connectivity index (χ0) is 18.1. The summed E-state index contributed by atoms with van der Waals surface area (Å²) in [5, 5.41) is 2.84. The van der Waals surface area contributed by atoms with Crippen molar-refractivity contribution in [3.63, 3.8) is 0 Å². The van der Waals surface area contributed by atoms with Crippen LogP contribution in [-0.4, -0.2) is 40.1 Å². The zero-order valence-corrected chi connectivity index (χ0v) is 15.6. The van der Waals surface area contributed by atoms with Crippen molar-refractivity contribution in [3.05, 3.63) is 29.8 Å². The summed E-state index contributed by atoms with van der Waals surface area (Å²) in [7, 11) is -3.49. The van der Waals surface area contributed by atoms with Crippen molar-refractivity contribution < 1.29 is 17.9 Å². The molecule has 0 aliphatic heterocycles. The van der Waals surface area contributed by atoms with E-state index in [2.05, 4.69) is 10.0 Å². The molecule has 1 saturated carbocycles. The zero-order valence-electron chi connectivity index (χ0n) is 14.8. The molecule has 1 amide bonds. The van der Waals surface area contributed by atoms with Crippen molar-refractivity contribution >= 4 is 15.9 Å². The summed E-state index contributed by atoms with van der Waals surface area (Å²) < 4.78 is 32.0. The molecule has 0 bridgehead atoms. The van der Waals surface area contributed by atoms with Crippen LogP contribution in [0.15, 0.2) is 29.2 Å². The first-order valence-electron chi connectivity index (χ1n) is 9.02. The Labute approximate surface area is 150 Å². The molecule has 6 nitrogen and oxygen atoms in total. The fourth-order valence-corrected chi connectivity index (χ4v) is 3.96.